The van der Waals surface area contributed by atoms with Crippen LogP contribution in [0.1, 0.15) is 50.0 Å². The maximum Gasteiger partial charge on any atom is 0.254 e. The van der Waals surface area contributed by atoms with E-state index in [0.717, 1.165) is 30.1 Å². The molecule has 1 aliphatic rings. The zero-order valence-corrected chi connectivity index (χ0v) is 17.3. The first kappa shape index (κ1) is 21.2. The van der Waals surface area contributed by atoms with Gasteiger partial charge in [0.05, 0.1) is 12.2 Å². The number of nitrogens with zero attached hydrogens (tertiary/aromatic N) is 2. The Bertz CT molecular complexity index is 618. The van der Waals surface area contributed by atoms with E-state index in [-0.39, 0.29) is 18.1 Å². The summed E-state index contributed by atoms with van der Waals surface area (Å²) < 4.78 is 5.71. The highest BCUT2D eigenvalue weighted by molar-refractivity contribution is 5.94. The molecule has 2 atom stereocenters. The fraction of sp³-hybridized carbons (Fsp3) is 0.619. The molecule has 1 aromatic rings. The van der Waals surface area contributed by atoms with Gasteiger partial charge in [-0.2, -0.15) is 0 Å². The number of carbonyl (C=O) groups is 1. The lowest BCUT2D eigenvalue weighted by atomic mass is 10.1. The number of guanidine groups is 1. The number of nitrogens with one attached hydrogen (secondary N) is 2. The fourth-order valence-corrected chi connectivity index (χ4v) is 3.18. The van der Waals surface area contributed by atoms with Crippen LogP contribution >= 0.6 is 0 Å². The number of hydrogen-bond acceptors (Lipinski definition) is 3. The number of morpholine rings is 1. The molecule has 27 heavy (non-hydrogen) atoms. The molecule has 0 aliphatic carbocycles. The number of ether oxygens (including phenoxy) is 1. The molecule has 0 bridgehead atoms. The molecule has 6 nitrogen and oxygen atoms in total. The molecule has 1 aromatic carbocycles. The van der Waals surface area contributed by atoms with Crippen LogP contribution in [0.15, 0.2) is 29.3 Å². The Kier molecular flexibility index (Phi) is 8.10. The van der Waals surface area contributed by atoms with Gasteiger partial charge in [0.15, 0.2) is 5.96 Å². The van der Waals surface area contributed by atoms with Crippen molar-refractivity contribution in [3.63, 3.8) is 0 Å². The van der Waals surface area contributed by atoms with Gasteiger partial charge < -0.3 is 20.3 Å². The van der Waals surface area contributed by atoms with Crippen molar-refractivity contribution < 1.29 is 9.53 Å². The smallest absolute Gasteiger partial charge is 0.254 e. The summed E-state index contributed by atoms with van der Waals surface area (Å²) in [5, 5.41) is 6.63. The van der Waals surface area contributed by atoms with Crippen molar-refractivity contribution >= 4 is 11.9 Å². The predicted octanol–water partition coefficient (Wildman–Crippen LogP) is 2.65. The molecule has 1 fully saturated rings. The monoisotopic (exact) mass is 374 g/mol. The van der Waals surface area contributed by atoms with Crippen LogP contribution in [0.4, 0.5) is 0 Å². The van der Waals surface area contributed by atoms with Gasteiger partial charge in [0, 0.05) is 38.8 Å². The zero-order chi connectivity index (χ0) is 19.8. The minimum absolute atomic E-state index is 0.0719. The fourth-order valence-electron chi connectivity index (χ4n) is 3.18. The number of benzene rings is 1. The average Bonchev–Trinajstić information content (AvgIpc) is 2.63. The molecule has 150 valence electrons. The summed E-state index contributed by atoms with van der Waals surface area (Å²) in [6.07, 6.45) is 1.27. The highest BCUT2D eigenvalue weighted by Crippen LogP contribution is 2.15. The Morgan fingerprint density at radius 3 is 2.37 bits per heavy atom. The van der Waals surface area contributed by atoms with Crippen molar-refractivity contribution in [3.05, 3.63) is 35.4 Å². The van der Waals surface area contributed by atoms with E-state index in [1.165, 1.54) is 0 Å². The lowest BCUT2D eigenvalue weighted by Gasteiger charge is -2.35. The maximum atomic E-state index is 12.7. The summed E-state index contributed by atoms with van der Waals surface area (Å²) in [4.78, 5) is 18.8. The van der Waals surface area contributed by atoms with E-state index in [1.54, 1.807) is 7.05 Å². The molecule has 0 radical (unpaired) electrons. The summed E-state index contributed by atoms with van der Waals surface area (Å²) in [7, 11) is 1.77. The van der Waals surface area contributed by atoms with Crippen LogP contribution in [0.3, 0.4) is 0 Å². The van der Waals surface area contributed by atoms with Gasteiger partial charge in [-0.3, -0.25) is 9.79 Å². The van der Waals surface area contributed by atoms with E-state index >= 15 is 0 Å². The highest BCUT2D eigenvalue weighted by atomic mass is 16.5. The molecular weight excluding hydrogens is 340 g/mol. The molecule has 1 amide bonds. The summed E-state index contributed by atoms with van der Waals surface area (Å²) >= 11 is 0. The Morgan fingerprint density at radius 1 is 1.19 bits per heavy atom. The quantitative estimate of drug-likeness (QED) is 0.593. The molecule has 0 aromatic heterocycles. The molecule has 2 N–H and O–H groups in total. The summed E-state index contributed by atoms with van der Waals surface area (Å²) in [6.45, 7) is 11.3. The van der Waals surface area contributed by atoms with Crippen molar-refractivity contribution in [2.24, 2.45) is 10.9 Å². The second-order valence-electron chi connectivity index (χ2n) is 7.70. The number of rotatable bonds is 6. The van der Waals surface area contributed by atoms with Crippen LogP contribution < -0.4 is 10.6 Å². The standard InChI is InChI=1S/C21H34N4O2/c1-15(2)10-11-23-21(22-5)24-12-18-6-8-19(9-7-18)20(26)25-13-16(3)27-17(4)14-25/h6-9,15-17H,10-14H2,1-5H3,(H2,22,23,24). The van der Waals surface area contributed by atoms with Crippen LogP contribution in [-0.2, 0) is 11.3 Å². The van der Waals surface area contributed by atoms with Gasteiger partial charge in [-0.15, -0.1) is 0 Å². The van der Waals surface area contributed by atoms with Gasteiger partial charge in [-0.05, 0) is 43.9 Å². The van der Waals surface area contributed by atoms with E-state index in [9.17, 15) is 4.79 Å². The van der Waals surface area contributed by atoms with Gasteiger partial charge in [0.2, 0.25) is 0 Å². The van der Waals surface area contributed by atoms with E-state index in [0.29, 0.717) is 25.6 Å². The van der Waals surface area contributed by atoms with Crippen molar-refractivity contribution in [1.82, 2.24) is 15.5 Å². The Balaban J connectivity index is 1.86. The molecular formula is C21H34N4O2. The van der Waals surface area contributed by atoms with E-state index in [4.69, 9.17) is 4.74 Å². The molecule has 2 rings (SSSR count). The SMILES string of the molecule is CN=C(NCCC(C)C)NCc1ccc(C(=O)N2CC(C)OC(C)C2)cc1. The average molecular weight is 375 g/mol. The first-order valence-corrected chi connectivity index (χ1v) is 9.87. The van der Waals surface area contributed by atoms with Crippen LogP contribution in [0.2, 0.25) is 0 Å². The Labute approximate surface area is 163 Å². The third-order valence-electron chi connectivity index (χ3n) is 4.61. The van der Waals surface area contributed by atoms with Crippen LogP contribution in [0, 0.1) is 5.92 Å². The predicted molar refractivity (Wildman–Crippen MR) is 110 cm³/mol. The van der Waals surface area contributed by atoms with Crippen molar-refractivity contribution in [2.45, 2.75) is 52.9 Å². The van der Waals surface area contributed by atoms with Gasteiger partial charge in [-0.25, -0.2) is 0 Å². The van der Waals surface area contributed by atoms with Gasteiger partial charge >= 0.3 is 0 Å². The van der Waals surface area contributed by atoms with Crippen molar-refractivity contribution in [1.29, 1.82) is 0 Å². The molecule has 2 unspecified atom stereocenters. The third-order valence-corrected chi connectivity index (χ3v) is 4.61. The van der Waals surface area contributed by atoms with Crippen molar-refractivity contribution in [3.8, 4) is 0 Å². The Morgan fingerprint density at radius 2 is 1.81 bits per heavy atom. The summed E-state index contributed by atoms with van der Waals surface area (Å²) in [6, 6.07) is 7.79. The molecule has 6 heteroatoms. The molecule has 1 aliphatic heterocycles. The first-order chi connectivity index (χ1) is 12.9. The van der Waals surface area contributed by atoms with Gasteiger partial charge in [0.1, 0.15) is 0 Å². The van der Waals surface area contributed by atoms with Crippen LogP contribution in [-0.4, -0.2) is 55.7 Å². The number of aliphatic imine (C=N–C) groups is 1. The van der Waals surface area contributed by atoms with Crippen molar-refractivity contribution in [2.75, 3.05) is 26.7 Å². The summed E-state index contributed by atoms with van der Waals surface area (Å²) in [5.74, 6) is 1.54. The van der Waals surface area contributed by atoms with E-state index in [2.05, 4.69) is 29.5 Å². The topological polar surface area (TPSA) is 66.0 Å². The molecule has 0 spiro atoms. The lowest BCUT2D eigenvalue weighted by molar-refractivity contribution is -0.0586. The number of hydrogen-bond donors (Lipinski definition) is 2. The zero-order valence-electron chi connectivity index (χ0n) is 17.3. The van der Waals surface area contributed by atoms with E-state index < -0.39 is 0 Å². The molecule has 1 heterocycles. The minimum atomic E-state index is 0.0719. The highest BCUT2D eigenvalue weighted by Gasteiger charge is 2.26. The second kappa shape index (κ2) is 10.3. The minimum Gasteiger partial charge on any atom is -0.372 e. The second-order valence-corrected chi connectivity index (χ2v) is 7.70. The third kappa shape index (κ3) is 6.86. The summed E-state index contributed by atoms with van der Waals surface area (Å²) in [5.41, 5.74) is 1.83. The first-order valence-electron chi connectivity index (χ1n) is 9.87. The van der Waals surface area contributed by atoms with E-state index in [1.807, 2.05) is 43.0 Å². The molecule has 1 saturated heterocycles. The molecule has 0 saturated carbocycles. The van der Waals surface area contributed by atoms with Crippen LogP contribution in [0.5, 0.6) is 0 Å². The largest absolute Gasteiger partial charge is 0.372 e. The van der Waals surface area contributed by atoms with Crippen LogP contribution in [0.25, 0.3) is 0 Å². The Hall–Kier alpha value is -2.08. The normalized spacial score (nSPS) is 20.7. The van der Waals surface area contributed by atoms with Gasteiger partial charge in [-0.1, -0.05) is 26.0 Å². The lowest BCUT2D eigenvalue weighted by Crippen LogP contribution is -2.48. The van der Waals surface area contributed by atoms with Gasteiger partial charge in [0.25, 0.3) is 5.91 Å². The number of carbonyl (C=O) groups excluding carboxylic acids is 1. The maximum absolute atomic E-state index is 12.7. The number of amides is 1.